The molecule has 8 heteroatoms. The summed E-state index contributed by atoms with van der Waals surface area (Å²) in [6, 6.07) is 8.31. The number of hydroxylamine groups is 2. The number of aromatic amines is 1. The van der Waals surface area contributed by atoms with Crippen molar-refractivity contribution in [1.82, 2.24) is 15.3 Å². The lowest BCUT2D eigenvalue weighted by atomic mass is 10.1. The Morgan fingerprint density at radius 3 is 2.14 bits per heavy atom. The summed E-state index contributed by atoms with van der Waals surface area (Å²) in [7, 11) is 0. The quantitative estimate of drug-likeness (QED) is 0.786. The molecule has 0 atom stereocenters. The van der Waals surface area contributed by atoms with E-state index in [0.29, 0.717) is 5.06 Å². The Morgan fingerprint density at radius 1 is 1.00 bits per heavy atom. The van der Waals surface area contributed by atoms with Crippen molar-refractivity contribution in [2.75, 3.05) is 0 Å². The Labute approximate surface area is 116 Å². The summed E-state index contributed by atoms with van der Waals surface area (Å²) in [6.45, 7) is 0. The van der Waals surface area contributed by atoms with Crippen molar-refractivity contribution in [3.63, 3.8) is 0 Å². The van der Waals surface area contributed by atoms with Crippen LogP contribution in [0, 0.1) is 0 Å². The molecule has 2 aromatic rings. The van der Waals surface area contributed by atoms with Gasteiger partial charge in [-0.05, 0) is 18.2 Å². The molecule has 0 unspecified atom stereocenters. The number of imide groups is 1. The first-order valence-electron chi connectivity index (χ1n) is 5.84. The minimum Gasteiger partial charge on any atom is -0.322 e. The summed E-state index contributed by atoms with van der Waals surface area (Å²) in [4.78, 5) is 51.4. The van der Waals surface area contributed by atoms with E-state index in [4.69, 9.17) is 4.84 Å². The highest BCUT2D eigenvalue weighted by atomic mass is 16.7. The summed E-state index contributed by atoms with van der Waals surface area (Å²) in [5.74, 6) is -2.48. The van der Waals surface area contributed by atoms with Gasteiger partial charge in [-0.2, -0.15) is 5.10 Å². The molecule has 1 aliphatic heterocycles. The number of fused-ring (bicyclic) bond motifs is 1. The normalized spacial score (nSPS) is 13.2. The van der Waals surface area contributed by atoms with Gasteiger partial charge in [-0.15, -0.1) is 0 Å². The van der Waals surface area contributed by atoms with Crippen molar-refractivity contribution in [3.8, 4) is 0 Å². The molecule has 8 nitrogen and oxygen atoms in total. The lowest BCUT2D eigenvalue weighted by molar-refractivity contribution is -0.0589. The molecule has 104 valence electrons. The highest BCUT2D eigenvalue weighted by Crippen LogP contribution is 2.22. The van der Waals surface area contributed by atoms with Crippen LogP contribution in [0.2, 0.25) is 0 Å². The predicted molar refractivity (Wildman–Crippen MR) is 67.2 cm³/mol. The van der Waals surface area contributed by atoms with Crippen LogP contribution in [-0.4, -0.2) is 33.0 Å². The average molecular weight is 285 g/mol. The van der Waals surface area contributed by atoms with E-state index in [1.54, 1.807) is 12.1 Å². The molecule has 0 saturated heterocycles. The first kappa shape index (κ1) is 12.7. The van der Waals surface area contributed by atoms with Gasteiger partial charge < -0.3 is 4.84 Å². The fourth-order valence-electron chi connectivity index (χ4n) is 1.84. The van der Waals surface area contributed by atoms with Gasteiger partial charge in [-0.3, -0.25) is 14.4 Å². The van der Waals surface area contributed by atoms with Crippen molar-refractivity contribution in [2.45, 2.75) is 0 Å². The zero-order valence-corrected chi connectivity index (χ0v) is 10.4. The van der Waals surface area contributed by atoms with Gasteiger partial charge in [0.1, 0.15) is 0 Å². The van der Waals surface area contributed by atoms with Gasteiger partial charge in [0.2, 0.25) is 0 Å². The smallest absolute Gasteiger partial charge is 0.322 e. The maximum Gasteiger partial charge on any atom is 0.383 e. The lowest BCUT2D eigenvalue weighted by Gasteiger charge is -2.11. The monoisotopic (exact) mass is 285 g/mol. The molecule has 1 aliphatic rings. The number of nitrogens with zero attached hydrogens (tertiary/aromatic N) is 2. The molecule has 2 amide bonds. The van der Waals surface area contributed by atoms with Crippen LogP contribution in [0.1, 0.15) is 31.2 Å². The molecule has 1 aromatic carbocycles. The third-order valence-electron chi connectivity index (χ3n) is 2.82. The summed E-state index contributed by atoms with van der Waals surface area (Å²) < 4.78 is 0. The zero-order chi connectivity index (χ0) is 15.0. The molecular formula is C13H7N3O5. The number of carbonyl (C=O) groups is 3. The number of nitrogens with one attached hydrogen (secondary N) is 1. The van der Waals surface area contributed by atoms with Crippen LogP contribution in [0.4, 0.5) is 0 Å². The molecule has 0 radical (unpaired) electrons. The molecule has 0 bridgehead atoms. The van der Waals surface area contributed by atoms with Crippen LogP contribution in [0.25, 0.3) is 0 Å². The summed E-state index contributed by atoms with van der Waals surface area (Å²) >= 11 is 0. The molecule has 3 rings (SSSR count). The van der Waals surface area contributed by atoms with Crippen LogP contribution in [0.3, 0.4) is 0 Å². The number of hydrogen-bond acceptors (Lipinski definition) is 6. The molecule has 0 saturated carbocycles. The number of benzene rings is 1. The number of H-pyrrole nitrogens is 1. The second-order valence-corrected chi connectivity index (χ2v) is 4.14. The maximum absolute atomic E-state index is 12.0. The van der Waals surface area contributed by atoms with Gasteiger partial charge in [0, 0.05) is 6.07 Å². The van der Waals surface area contributed by atoms with Crippen LogP contribution < -0.4 is 5.56 Å². The molecule has 1 N–H and O–H groups in total. The van der Waals surface area contributed by atoms with Gasteiger partial charge in [0.15, 0.2) is 5.69 Å². The minimum absolute atomic E-state index is 0.157. The lowest BCUT2D eigenvalue weighted by Crippen LogP contribution is -2.33. The number of rotatable bonds is 2. The SMILES string of the molecule is O=C(ON1C(=O)c2ccccc2C1=O)c1ccc(=O)[nH]n1. The van der Waals surface area contributed by atoms with Crippen LogP contribution in [-0.2, 0) is 4.84 Å². The fraction of sp³-hybridized carbons (Fsp3) is 0. The Hall–Kier alpha value is -3.29. The van der Waals surface area contributed by atoms with E-state index in [-0.39, 0.29) is 16.8 Å². The van der Waals surface area contributed by atoms with E-state index in [0.717, 1.165) is 12.1 Å². The van der Waals surface area contributed by atoms with Crippen LogP contribution >= 0.6 is 0 Å². The highest BCUT2D eigenvalue weighted by Gasteiger charge is 2.38. The van der Waals surface area contributed by atoms with Crippen molar-refractivity contribution < 1.29 is 19.2 Å². The second kappa shape index (κ2) is 4.67. The van der Waals surface area contributed by atoms with Gasteiger partial charge in [0.05, 0.1) is 11.1 Å². The van der Waals surface area contributed by atoms with Crippen molar-refractivity contribution in [1.29, 1.82) is 0 Å². The van der Waals surface area contributed by atoms with E-state index in [1.807, 2.05) is 0 Å². The summed E-state index contributed by atoms with van der Waals surface area (Å²) in [5, 5.41) is 5.88. The number of amides is 2. The maximum atomic E-state index is 12.0. The molecule has 21 heavy (non-hydrogen) atoms. The second-order valence-electron chi connectivity index (χ2n) is 4.14. The average Bonchev–Trinajstić information content (AvgIpc) is 2.73. The van der Waals surface area contributed by atoms with E-state index in [1.165, 1.54) is 12.1 Å². The van der Waals surface area contributed by atoms with Crippen LogP contribution in [0.5, 0.6) is 0 Å². The molecule has 0 spiro atoms. The van der Waals surface area contributed by atoms with Crippen molar-refractivity contribution in [2.24, 2.45) is 0 Å². The highest BCUT2D eigenvalue weighted by molar-refractivity contribution is 6.21. The molecule has 2 heterocycles. The van der Waals surface area contributed by atoms with Crippen molar-refractivity contribution >= 4 is 17.8 Å². The molecular weight excluding hydrogens is 278 g/mol. The minimum atomic E-state index is -1.03. The van der Waals surface area contributed by atoms with Crippen molar-refractivity contribution in [3.05, 3.63) is 63.6 Å². The largest absolute Gasteiger partial charge is 0.383 e. The topological polar surface area (TPSA) is 109 Å². The van der Waals surface area contributed by atoms with E-state index in [9.17, 15) is 19.2 Å². The first-order chi connectivity index (χ1) is 10.1. The standard InChI is InChI=1S/C13H7N3O5/c17-10-6-5-9(14-15-10)13(20)21-16-11(18)7-3-1-2-4-8(7)12(16)19/h1-6H,(H,15,17). The Kier molecular flexibility index (Phi) is 2.83. The number of carbonyl (C=O) groups excluding carboxylic acids is 3. The Morgan fingerprint density at radius 2 is 1.62 bits per heavy atom. The Balaban J connectivity index is 1.85. The third kappa shape index (κ3) is 2.08. The predicted octanol–water partition coefficient (Wildman–Crippen LogP) is 0.138. The Bertz CT molecular complexity index is 771. The van der Waals surface area contributed by atoms with Gasteiger partial charge in [0.25, 0.3) is 17.4 Å². The van der Waals surface area contributed by atoms with E-state index < -0.39 is 23.3 Å². The molecule has 0 aliphatic carbocycles. The van der Waals surface area contributed by atoms with Gasteiger partial charge in [-0.25, -0.2) is 9.89 Å². The van der Waals surface area contributed by atoms with Gasteiger partial charge in [-0.1, -0.05) is 17.2 Å². The molecule has 1 aromatic heterocycles. The summed E-state index contributed by atoms with van der Waals surface area (Å²) in [6.07, 6.45) is 0. The van der Waals surface area contributed by atoms with Crippen LogP contribution in [0.15, 0.2) is 41.2 Å². The number of hydrogen-bond donors (Lipinski definition) is 1. The first-order valence-corrected chi connectivity index (χ1v) is 5.84. The van der Waals surface area contributed by atoms with E-state index in [2.05, 4.69) is 10.2 Å². The zero-order valence-electron chi connectivity index (χ0n) is 10.4. The number of aromatic nitrogens is 2. The molecule has 0 fully saturated rings. The summed E-state index contributed by atoms with van der Waals surface area (Å²) in [5.41, 5.74) is -0.409. The third-order valence-corrected chi connectivity index (χ3v) is 2.82. The van der Waals surface area contributed by atoms with E-state index >= 15 is 0 Å². The van der Waals surface area contributed by atoms with Gasteiger partial charge >= 0.3 is 5.97 Å². The fourth-order valence-corrected chi connectivity index (χ4v) is 1.84.